The van der Waals surface area contributed by atoms with Gasteiger partial charge in [-0.05, 0) is 44.2 Å². The van der Waals surface area contributed by atoms with Crippen LogP contribution < -0.4 is 4.74 Å². The fraction of sp³-hybridized carbons (Fsp3) is 0.379. The molecule has 0 spiro atoms. The minimum atomic E-state index is -1.24. The van der Waals surface area contributed by atoms with Gasteiger partial charge < -0.3 is 19.0 Å². The second-order valence-corrected chi connectivity index (χ2v) is 10.4. The molecule has 4 aromatic rings. The van der Waals surface area contributed by atoms with Crippen molar-refractivity contribution < 1.29 is 28.2 Å². The summed E-state index contributed by atoms with van der Waals surface area (Å²) < 4.78 is 33.1. The van der Waals surface area contributed by atoms with Crippen LogP contribution in [0.2, 0.25) is 0 Å². The lowest BCUT2D eigenvalue weighted by Crippen LogP contribution is -2.42. The third-order valence-electron chi connectivity index (χ3n) is 7.86. The van der Waals surface area contributed by atoms with Crippen molar-refractivity contribution in [1.29, 1.82) is 5.26 Å². The monoisotopic (exact) mass is 573 g/mol. The van der Waals surface area contributed by atoms with E-state index in [0.717, 1.165) is 17.9 Å². The molecular weight excluding hydrogens is 545 g/mol. The molecule has 1 N–H and O–H groups in total. The van der Waals surface area contributed by atoms with E-state index in [0.29, 0.717) is 62.8 Å². The molecular formula is C29H28FN7O5. The molecule has 0 radical (unpaired) electrons. The zero-order valence-corrected chi connectivity index (χ0v) is 22.7. The Kier molecular flexibility index (Phi) is 7.40. The number of aromatic carboxylic acids is 1. The average Bonchev–Trinajstić information content (AvgIpc) is 3.53. The number of aromatic nitrogens is 4. The van der Waals surface area contributed by atoms with Crippen molar-refractivity contribution in [3.05, 3.63) is 70.8 Å². The van der Waals surface area contributed by atoms with Gasteiger partial charge in [-0.1, -0.05) is 12.1 Å². The Labute approximate surface area is 240 Å². The van der Waals surface area contributed by atoms with Gasteiger partial charge in [0.25, 0.3) is 0 Å². The topological polar surface area (TPSA) is 152 Å². The van der Waals surface area contributed by atoms with Crippen molar-refractivity contribution in [2.75, 3.05) is 19.7 Å². The van der Waals surface area contributed by atoms with Gasteiger partial charge >= 0.3 is 11.9 Å². The van der Waals surface area contributed by atoms with Crippen molar-refractivity contribution in [2.45, 2.75) is 50.6 Å². The molecule has 2 aliphatic rings. The van der Waals surface area contributed by atoms with Gasteiger partial charge in [0.1, 0.15) is 23.8 Å². The van der Waals surface area contributed by atoms with Crippen LogP contribution >= 0.6 is 0 Å². The number of piperidine rings is 1. The number of benzene rings is 1. The van der Waals surface area contributed by atoms with Crippen LogP contribution in [0.5, 0.6) is 5.88 Å². The lowest BCUT2D eigenvalue weighted by Gasteiger charge is -2.38. The Bertz CT molecular complexity index is 1680. The number of rotatable bonds is 10. The van der Waals surface area contributed by atoms with Gasteiger partial charge in [0, 0.05) is 31.3 Å². The number of ether oxygens (including phenoxy) is 2. The standard InChI is InChI=1S/C29H28FN7O5/c1-32-29(22-3-2-4-24(33-22)41-17-19-6-5-18(14-31)13-21(19)30)8-10-36(11-9-29)16-23-34-25-27(42-26(35-25)28(38)39)37(23)15-20-7-12-40-20/h2-6,13,20H,1,7-12,15-17H2,(H,38,39)/t20-/m0/s1. The highest BCUT2D eigenvalue weighted by Gasteiger charge is 2.37. The van der Waals surface area contributed by atoms with Gasteiger partial charge in [0.05, 0.1) is 36.5 Å². The van der Waals surface area contributed by atoms with Crippen LogP contribution in [0.25, 0.3) is 11.4 Å². The molecule has 1 atom stereocenters. The van der Waals surface area contributed by atoms with E-state index >= 15 is 0 Å². The summed E-state index contributed by atoms with van der Waals surface area (Å²) >= 11 is 0. The number of carbonyl (C=O) groups is 1. The first kappa shape index (κ1) is 27.5. The first-order valence-corrected chi connectivity index (χ1v) is 13.6. The first-order valence-electron chi connectivity index (χ1n) is 13.6. The predicted octanol–water partition coefficient (Wildman–Crippen LogP) is 3.69. The number of hydrogen-bond acceptors (Lipinski definition) is 10. The van der Waals surface area contributed by atoms with Gasteiger partial charge in [-0.3, -0.25) is 14.5 Å². The minimum Gasteiger partial charge on any atom is -0.474 e. The molecule has 2 saturated heterocycles. The van der Waals surface area contributed by atoms with E-state index in [1.165, 1.54) is 12.1 Å². The summed E-state index contributed by atoms with van der Waals surface area (Å²) in [4.78, 5) is 31.4. The molecule has 0 aliphatic carbocycles. The van der Waals surface area contributed by atoms with E-state index in [9.17, 15) is 14.3 Å². The van der Waals surface area contributed by atoms with Crippen molar-refractivity contribution >= 4 is 24.0 Å². The van der Waals surface area contributed by atoms with Crippen LogP contribution in [0, 0.1) is 17.1 Å². The Balaban J connectivity index is 1.14. The normalized spacial score (nSPS) is 18.3. The third kappa shape index (κ3) is 5.34. The number of carboxylic acids is 1. The SMILES string of the molecule is C=NC1(c2cccc(OCc3ccc(C#N)cc3F)n2)CCN(Cc2nc3nc(C(=O)O)oc3n2C[C@@H]2CCO2)CC1. The highest BCUT2D eigenvalue weighted by atomic mass is 19.1. The Morgan fingerprint density at radius 3 is 2.74 bits per heavy atom. The van der Waals surface area contributed by atoms with E-state index in [2.05, 4.69) is 31.6 Å². The lowest BCUT2D eigenvalue weighted by molar-refractivity contribution is -0.0595. The molecule has 0 saturated carbocycles. The Morgan fingerprint density at radius 1 is 1.26 bits per heavy atom. The molecule has 0 unspecified atom stereocenters. The molecule has 12 nitrogen and oxygen atoms in total. The quantitative estimate of drug-likeness (QED) is 0.278. The van der Waals surface area contributed by atoms with Gasteiger partial charge in [-0.25, -0.2) is 19.2 Å². The molecule has 42 heavy (non-hydrogen) atoms. The molecule has 0 bridgehead atoms. The molecule has 0 amide bonds. The zero-order chi connectivity index (χ0) is 29.3. The Morgan fingerprint density at radius 2 is 2.07 bits per heavy atom. The summed E-state index contributed by atoms with van der Waals surface area (Å²) in [6.07, 6.45) is 2.24. The molecule has 216 valence electrons. The summed E-state index contributed by atoms with van der Waals surface area (Å²) in [5.41, 5.74) is 1.28. The highest BCUT2D eigenvalue weighted by Crippen LogP contribution is 2.37. The van der Waals surface area contributed by atoms with Crippen LogP contribution in [0.4, 0.5) is 4.39 Å². The number of fused-ring (bicyclic) bond motifs is 1. The second kappa shape index (κ2) is 11.3. The lowest BCUT2D eigenvalue weighted by atomic mass is 9.84. The maximum Gasteiger partial charge on any atom is 0.392 e. The van der Waals surface area contributed by atoms with Crippen LogP contribution in [0.1, 0.15) is 52.6 Å². The van der Waals surface area contributed by atoms with Gasteiger partial charge in [-0.15, -0.1) is 0 Å². The predicted molar refractivity (Wildman–Crippen MR) is 147 cm³/mol. The summed E-state index contributed by atoms with van der Waals surface area (Å²) in [6.45, 7) is 6.94. The number of nitriles is 1. The highest BCUT2D eigenvalue weighted by molar-refractivity contribution is 5.85. The number of hydrogen-bond donors (Lipinski definition) is 1. The molecule has 2 fully saturated rings. The maximum atomic E-state index is 14.3. The molecule has 6 rings (SSSR count). The molecule has 2 aliphatic heterocycles. The largest absolute Gasteiger partial charge is 0.474 e. The van der Waals surface area contributed by atoms with Crippen LogP contribution in [0.3, 0.4) is 0 Å². The summed E-state index contributed by atoms with van der Waals surface area (Å²) in [5.74, 6) is -1.06. The van der Waals surface area contributed by atoms with Gasteiger partial charge in [0.15, 0.2) is 0 Å². The van der Waals surface area contributed by atoms with Crippen LogP contribution in [-0.4, -0.2) is 68.0 Å². The smallest absolute Gasteiger partial charge is 0.392 e. The summed E-state index contributed by atoms with van der Waals surface area (Å²) in [6, 6.07) is 11.6. The van der Waals surface area contributed by atoms with E-state index in [4.69, 9.17) is 19.2 Å². The second-order valence-electron chi connectivity index (χ2n) is 10.4. The van der Waals surface area contributed by atoms with Crippen LogP contribution in [0.15, 0.2) is 45.8 Å². The fourth-order valence-corrected chi connectivity index (χ4v) is 5.30. The number of aliphatic imine (C=N–C) groups is 1. The minimum absolute atomic E-state index is 0.0208. The molecule has 1 aromatic carbocycles. The first-order chi connectivity index (χ1) is 20.4. The maximum absolute atomic E-state index is 14.3. The number of carboxylic acid groups (broad SMARTS) is 1. The van der Waals surface area contributed by atoms with E-state index in [1.807, 2.05) is 22.8 Å². The van der Waals surface area contributed by atoms with Crippen molar-refractivity contribution in [3.63, 3.8) is 0 Å². The number of halogens is 1. The zero-order valence-electron chi connectivity index (χ0n) is 22.7. The van der Waals surface area contributed by atoms with E-state index in [1.54, 1.807) is 12.1 Å². The summed E-state index contributed by atoms with van der Waals surface area (Å²) in [5, 5.41) is 18.2. The number of oxazole rings is 1. The number of imidazole rings is 1. The van der Waals surface area contributed by atoms with Crippen molar-refractivity contribution in [1.82, 2.24) is 24.4 Å². The molecule has 13 heteroatoms. The number of nitrogens with zero attached hydrogens (tertiary/aromatic N) is 7. The van der Waals surface area contributed by atoms with Crippen molar-refractivity contribution in [2.24, 2.45) is 4.99 Å². The fourth-order valence-electron chi connectivity index (χ4n) is 5.30. The average molecular weight is 574 g/mol. The van der Waals surface area contributed by atoms with Gasteiger partial charge in [-0.2, -0.15) is 10.2 Å². The number of likely N-dealkylation sites (tertiary alicyclic amines) is 1. The van der Waals surface area contributed by atoms with E-state index < -0.39 is 17.3 Å². The molecule has 3 aromatic heterocycles. The summed E-state index contributed by atoms with van der Waals surface area (Å²) in [7, 11) is 0. The van der Waals surface area contributed by atoms with Gasteiger partial charge in [0.2, 0.25) is 17.2 Å². The van der Waals surface area contributed by atoms with E-state index in [-0.39, 0.29) is 29.8 Å². The number of pyridine rings is 1. The Hall–Kier alpha value is -4.67. The van der Waals surface area contributed by atoms with Crippen LogP contribution in [-0.2, 0) is 30.0 Å². The third-order valence-corrected chi connectivity index (χ3v) is 7.86. The van der Waals surface area contributed by atoms with Crippen molar-refractivity contribution in [3.8, 4) is 11.9 Å². The molecule has 5 heterocycles.